The molecule has 0 spiro atoms. The lowest BCUT2D eigenvalue weighted by Gasteiger charge is -1.99. The van der Waals surface area contributed by atoms with E-state index >= 15 is 0 Å². The van der Waals surface area contributed by atoms with Crippen LogP contribution < -0.4 is 5.32 Å². The van der Waals surface area contributed by atoms with Gasteiger partial charge in [0.2, 0.25) is 11.0 Å². The fraction of sp³-hybridized carbons (Fsp3) is 0.556. The molecule has 0 saturated carbocycles. The van der Waals surface area contributed by atoms with Crippen molar-refractivity contribution in [2.75, 3.05) is 23.9 Å². The molecule has 0 radical (unpaired) electrons. The van der Waals surface area contributed by atoms with Gasteiger partial charge in [0, 0.05) is 19.3 Å². The van der Waals surface area contributed by atoms with Crippen LogP contribution in [0.5, 0.6) is 0 Å². The summed E-state index contributed by atoms with van der Waals surface area (Å²) in [4.78, 5) is 11.4. The van der Waals surface area contributed by atoms with Gasteiger partial charge in [0.15, 0.2) is 0 Å². The number of methoxy groups -OCH3 is 1. The van der Waals surface area contributed by atoms with Gasteiger partial charge in [-0.15, -0.1) is 10.2 Å². The Labute approximate surface area is 107 Å². The maximum absolute atomic E-state index is 11.4. The van der Waals surface area contributed by atoms with E-state index in [0.717, 1.165) is 5.01 Å². The van der Waals surface area contributed by atoms with Gasteiger partial charge in [0.25, 0.3) is 0 Å². The van der Waals surface area contributed by atoms with Crippen molar-refractivity contribution in [3.63, 3.8) is 0 Å². The summed E-state index contributed by atoms with van der Waals surface area (Å²) in [6.07, 6.45) is 0.453. The monoisotopic (exact) mass is 272 g/mol. The minimum Gasteiger partial charge on any atom is -0.377 e. The van der Waals surface area contributed by atoms with Crippen LogP contribution in [0.25, 0.3) is 0 Å². The average molecular weight is 272 g/mol. The molecule has 0 aliphatic heterocycles. The summed E-state index contributed by atoms with van der Waals surface area (Å²) >= 11 is 2.71. The van der Waals surface area contributed by atoms with E-state index in [1.54, 1.807) is 7.11 Å². The summed E-state index contributed by atoms with van der Waals surface area (Å²) in [6, 6.07) is 2.02. The third-order valence-electron chi connectivity index (χ3n) is 1.57. The molecule has 0 bridgehead atoms. The maximum atomic E-state index is 11.4. The third kappa shape index (κ3) is 5.63. The lowest BCUT2D eigenvalue weighted by molar-refractivity contribution is -0.113. The molecule has 1 amide bonds. The Kier molecular flexibility index (Phi) is 6.54. The molecule has 0 fully saturated rings. The molecular formula is C9H12N4O2S2. The van der Waals surface area contributed by atoms with Crippen LogP contribution in [0.3, 0.4) is 0 Å². The number of hydrogen-bond acceptors (Lipinski definition) is 7. The van der Waals surface area contributed by atoms with Crippen molar-refractivity contribution in [2.45, 2.75) is 13.0 Å². The fourth-order valence-corrected chi connectivity index (χ4v) is 2.29. The Bertz CT molecular complexity index is 402. The van der Waals surface area contributed by atoms with Gasteiger partial charge in [0.1, 0.15) is 11.6 Å². The van der Waals surface area contributed by atoms with Gasteiger partial charge in [-0.25, -0.2) is 0 Å². The zero-order chi connectivity index (χ0) is 12.5. The number of aromatic nitrogens is 2. The molecule has 0 aromatic carbocycles. The molecular weight excluding hydrogens is 260 g/mol. The molecule has 6 nitrogen and oxygen atoms in total. The largest absolute Gasteiger partial charge is 0.377 e. The molecule has 0 unspecified atom stereocenters. The van der Waals surface area contributed by atoms with E-state index in [4.69, 9.17) is 10.00 Å². The Balaban J connectivity index is 2.27. The van der Waals surface area contributed by atoms with Gasteiger partial charge >= 0.3 is 0 Å². The van der Waals surface area contributed by atoms with Crippen molar-refractivity contribution in [2.24, 2.45) is 0 Å². The van der Waals surface area contributed by atoms with Gasteiger partial charge in [0.05, 0.1) is 11.8 Å². The smallest absolute Gasteiger partial charge is 0.236 e. The molecule has 1 heterocycles. The number of thioether (sulfide) groups is 1. The molecule has 0 atom stereocenters. The predicted molar refractivity (Wildman–Crippen MR) is 66.8 cm³/mol. The molecule has 92 valence electrons. The van der Waals surface area contributed by atoms with Gasteiger partial charge < -0.3 is 4.74 Å². The number of nitrogens with one attached hydrogen (secondary N) is 1. The van der Waals surface area contributed by atoms with Crippen molar-refractivity contribution < 1.29 is 9.53 Å². The number of ether oxygens (including phenoxy) is 1. The summed E-state index contributed by atoms with van der Waals surface area (Å²) in [5.41, 5.74) is 0. The van der Waals surface area contributed by atoms with Crippen LogP contribution in [0.4, 0.5) is 5.13 Å². The minimum atomic E-state index is -0.131. The highest BCUT2D eigenvalue weighted by Crippen LogP contribution is 2.16. The standard InChI is InChI=1S/C9H12N4O2S2/c1-15-5-8-12-13-9(17-8)11-7(14)6-16-4-2-3-10/h2,4-6H2,1H3,(H,11,13,14). The van der Waals surface area contributed by atoms with Crippen LogP contribution in [0.2, 0.25) is 0 Å². The van der Waals surface area contributed by atoms with Gasteiger partial charge in [-0.3, -0.25) is 10.1 Å². The van der Waals surface area contributed by atoms with Crippen molar-refractivity contribution in [3.8, 4) is 6.07 Å². The maximum Gasteiger partial charge on any atom is 0.236 e. The predicted octanol–water partition coefficient (Wildman–Crippen LogP) is 1.27. The number of carbonyl (C=O) groups is 1. The van der Waals surface area contributed by atoms with Crippen molar-refractivity contribution in [1.29, 1.82) is 5.26 Å². The second-order valence-corrected chi connectivity index (χ2v) is 5.11. The first-order chi connectivity index (χ1) is 8.26. The zero-order valence-electron chi connectivity index (χ0n) is 9.30. The highest BCUT2D eigenvalue weighted by Gasteiger charge is 2.07. The van der Waals surface area contributed by atoms with Crippen LogP contribution in [-0.2, 0) is 16.1 Å². The molecule has 1 rings (SSSR count). The van der Waals surface area contributed by atoms with E-state index in [1.165, 1.54) is 23.1 Å². The second-order valence-electron chi connectivity index (χ2n) is 2.94. The summed E-state index contributed by atoms with van der Waals surface area (Å²) in [5, 5.41) is 19.8. The lowest BCUT2D eigenvalue weighted by atomic mass is 10.6. The van der Waals surface area contributed by atoms with Gasteiger partial charge in [-0.05, 0) is 0 Å². The Morgan fingerprint density at radius 1 is 1.65 bits per heavy atom. The first-order valence-electron chi connectivity index (χ1n) is 4.82. The van der Waals surface area contributed by atoms with Crippen LogP contribution in [0, 0.1) is 11.3 Å². The number of nitrogens with zero attached hydrogens (tertiary/aromatic N) is 3. The van der Waals surface area contributed by atoms with Crippen molar-refractivity contribution in [1.82, 2.24) is 10.2 Å². The molecule has 0 aliphatic rings. The molecule has 17 heavy (non-hydrogen) atoms. The molecule has 0 saturated heterocycles. The summed E-state index contributed by atoms with van der Waals surface area (Å²) < 4.78 is 4.90. The van der Waals surface area contributed by atoms with Crippen molar-refractivity contribution >= 4 is 34.1 Å². The number of carbonyl (C=O) groups excluding carboxylic acids is 1. The molecule has 0 aliphatic carbocycles. The highest BCUT2D eigenvalue weighted by atomic mass is 32.2. The average Bonchev–Trinajstić information content (AvgIpc) is 2.73. The second kappa shape index (κ2) is 8.00. The van der Waals surface area contributed by atoms with E-state index in [1.807, 2.05) is 6.07 Å². The Hall–Kier alpha value is -1.17. The Morgan fingerprint density at radius 3 is 3.18 bits per heavy atom. The van der Waals surface area contributed by atoms with Crippen LogP contribution >= 0.6 is 23.1 Å². The van der Waals surface area contributed by atoms with E-state index in [2.05, 4.69) is 15.5 Å². The summed E-state index contributed by atoms with van der Waals surface area (Å²) in [5.74, 6) is 0.851. The van der Waals surface area contributed by atoms with Crippen LogP contribution in [0.15, 0.2) is 0 Å². The number of rotatable bonds is 7. The minimum absolute atomic E-state index is 0.131. The van der Waals surface area contributed by atoms with Crippen LogP contribution in [0.1, 0.15) is 11.4 Å². The van der Waals surface area contributed by atoms with E-state index in [9.17, 15) is 4.79 Å². The normalized spacial score (nSPS) is 9.88. The number of nitriles is 1. The van der Waals surface area contributed by atoms with Gasteiger partial charge in [-0.2, -0.15) is 17.0 Å². The molecule has 1 aromatic heterocycles. The Morgan fingerprint density at radius 2 is 2.47 bits per heavy atom. The molecule has 1 aromatic rings. The van der Waals surface area contributed by atoms with Crippen LogP contribution in [-0.4, -0.2) is 34.7 Å². The highest BCUT2D eigenvalue weighted by molar-refractivity contribution is 7.99. The van der Waals surface area contributed by atoms with E-state index in [0.29, 0.717) is 29.7 Å². The molecule has 1 N–H and O–H groups in total. The summed E-state index contributed by atoms with van der Waals surface area (Å²) in [7, 11) is 1.57. The topological polar surface area (TPSA) is 87.9 Å². The number of anilines is 1. The SMILES string of the molecule is COCc1nnc(NC(=O)CSCCC#N)s1. The van der Waals surface area contributed by atoms with Gasteiger partial charge in [-0.1, -0.05) is 11.3 Å². The fourth-order valence-electron chi connectivity index (χ4n) is 0.924. The molecule has 8 heteroatoms. The first kappa shape index (κ1) is 13.9. The third-order valence-corrected chi connectivity index (χ3v) is 3.34. The van der Waals surface area contributed by atoms with Crippen molar-refractivity contribution in [3.05, 3.63) is 5.01 Å². The zero-order valence-corrected chi connectivity index (χ0v) is 10.9. The first-order valence-corrected chi connectivity index (χ1v) is 6.79. The quantitative estimate of drug-likeness (QED) is 0.752. The van der Waals surface area contributed by atoms with E-state index < -0.39 is 0 Å². The lowest BCUT2D eigenvalue weighted by Crippen LogP contribution is -2.14. The summed E-state index contributed by atoms with van der Waals surface area (Å²) in [6.45, 7) is 0.393. The number of amides is 1. The van der Waals surface area contributed by atoms with E-state index in [-0.39, 0.29) is 5.91 Å². The number of hydrogen-bond donors (Lipinski definition) is 1.